The van der Waals surface area contributed by atoms with E-state index in [-0.39, 0.29) is 17.7 Å². The zero-order chi connectivity index (χ0) is 24.4. The summed E-state index contributed by atoms with van der Waals surface area (Å²) >= 11 is 0. The van der Waals surface area contributed by atoms with E-state index in [2.05, 4.69) is 53.1 Å². The molecule has 0 aromatic heterocycles. The third kappa shape index (κ3) is 5.21. The van der Waals surface area contributed by atoms with Gasteiger partial charge in [0.1, 0.15) is 0 Å². The summed E-state index contributed by atoms with van der Waals surface area (Å²) in [5.74, 6) is 0.266. The molecule has 2 aromatic carbocycles. The molecule has 2 amide bonds. The van der Waals surface area contributed by atoms with Crippen molar-refractivity contribution in [3.8, 4) is 0 Å². The van der Waals surface area contributed by atoms with Gasteiger partial charge in [0.25, 0.3) is 5.91 Å². The van der Waals surface area contributed by atoms with Crippen molar-refractivity contribution in [2.75, 3.05) is 82.8 Å². The third-order valence-corrected chi connectivity index (χ3v) is 7.83. The molecule has 2 aromatic rings. The number of nitrogens with zero attached hydrogens (tertiary/aromatic N) is 5. The zero-order valence-corrected chi connectivity index (χ0v) is 21.0. The van der Waals surface area contributed by atoms with E-state index >= 15 is 0 Å². The predicted octanol–water partition coefficient (Wildman–Crippen LogP) is 2.42. The second kappa shape index (κ2) is 10.4. The molecule has 7 heteroatoms. The van der Waals surface area contributed by atoms with Crippen LogP contribution in [0.2, 0.25) is 0 Å². The Kier molecular flexibility index (Phi) is 7.07. The van der Waals surface area contributed by atoms with E-state index in [0.29, 0.717) is 5.56 Å². The summed E-state index contributed by atoms with van der Waals surface area (Å²) in [4.78, 5) is 37.1. The fraction of sp³-hybridized carbons (Fsp3) is 0.500. The minimum Gasteiger partial charge on any atom is -0.369 e. The first-order chi connectivity index (χ1) is 17.0. The van der Waals surface area contributed by atoms with Crippen molar-refractivity contribution in [2.24, 2.45) is 5.92 Å². The Morgan fingerprint density at radius 2 is 1.43 bits per heavy atom. The van der Waals surface area contributed by atoms with Crippen LogP contribution in [-0.2, 0) is 11.2 Å². The van der Waals surface area contributed by atoms with Crippen molar-refractivity contribution in [1.29, 1.82) is 0 Å². The maximum absolute atomic E-state index is 13.4. The number of amides is 2. The Labute approximate surface area is 208 Å². The average Bonchev–Trinajstić information content (AvgIpc) is 3.25. The van der Waals surface area contributed by atoms with Gasteiger partial charge in [-0.2, -0.15) is 0 Å². The Bertz CT molecular complexity index is 1040. The highest BCUT2D eigenvalue weighted by molar-refractivity contribution is 5.99. The average molecular weight is 476 g/mol. The van der Waals surface area contributed by atoms with Crippen LogP contribution in [0, 0.1) is 5.92 Å². The van der Waals surface area contributed by atoms with E-state index in [1.807, 2.05) is 34.1 Å². The van der Waals surface area contributed by atoms with Crippen molar-refractivity contribution >= 4 is 23.2 Å². The number of rotatable bonds is 5. The van der Waals surface area contributed by atoms with Gasteiger partial charge in [0, 0.05) is 81.8 Å². The predicted molar refractivity (Wildman–Crippen MR) is 140 cm³/mol. The molecule has 0 N–H and O–H groups in total. The van der Waals surface area contributed by atoms with Gasteiger partial charge in [-0.05, 0) is 62.8 Å². The van der Waals surface area contributed by atoms with E-state index in [9.17, 15) is 9.59 Å². The Morgan fingerprint density at radius 1 is 0.800 bits per heavy atom. The minimum absolute atomic E-state index is 0.00439. The molecule has 3 heterocycles. The van der Waals surface area contributed by atoms with Gasteiger partial charge in [-0.25, -0.2) is 0 Å². The molecule has 0 saturated carbocycles. The number of carbonyl (C=O) groups excluding carboxylic acids is 2. The zero-order valence-electron chi connectivity index (χ0n) is 21.0. The van der Waals surface area contributed by atoms with Crippen molar-refractivity contribution in [3.63, 3.8) is 0 Å². The number of carbonyl (C=O) groups is 2. The van der Waals surface area contributed by atoms with E-state index < -0.39 is 0 Å². The SMILES string of the molecule is CN1CCN(C(=O)c2ccc(N3CCC(Cc4ccccc4N4CCN(C)CC4)C3=O)cc2)CC1. The summed E-state index contributed by atoms with van der Waals surface area (Å²) in [7, 11) is 4.26. The first-order valence-electron chi connectivity index (χ1n) is 12.9. The lowest BCUT2D eigenvalue weighted by Gasteiger charge is -2.35. The molecule has 7 nitrogen and oxygen atoms in total. The molecule has 0 aliphatic carbocycles. The smallest absolute Gasteiger partial charge is 0.253 e. The normalized spacial score (nSPS) is 22.2. The topological polar surface area (TPSA) is 50.3 Å². The van der Waals surface area contributed by atoms with Crippen LogP contribution in [-0.4, -0.2) is 99.5 Å². The van der Waals surface area contributed by atoms with E-state index in [1.165, 1.54) is 11.3 Å². The van der Waals surface area contributed by atoms with Crippen molar-refractivity contribution in [3.05, 3.63) is 59.7 Å². The summed E-state index contributed by atoms with van der Waals surface area (Å²) in [6.45, 7) is 8.26. The number of hydrogen-bond acceptors (Lipinski definition) is 5. The summed E-state index contributed by atoms with van der Waals surface area (Å²) < 4.78 is 0. The molecule has 1 atom stereocenters. The third-order valence-electron chi connectivity index (χ3n) is 7.83. The Morgan fingerprint density at radius 3 is 2.11 bits per heavy atom. The van der Waals surface area contributed by atoms with Gasteiger partial charge >= 0.3 is 0 Å². The second-order valence-electron chi connectivity index (χ2n) is 10.2. The monoisotopic (exact) mass is 475 g/mol. The quantitative estimate of drug-likeness (QED) is 0.665. The molecule has 3 aliphatic heterocycles. The number of piperazine rings is 2. The first-order valence-corrected chi connectivity index (χ1v) is 12.9. The molecule has 35 heavy (non-hydrogen) atoms. The fourth-order valence-electron chi connectivity index (χ4n) is 5.47. The summed E-state index contributed by atoms with van der Waals surface area (Å²) in [5, 5.41) is 0. The van der Waals surface area contributed by atoms with Crippen LogP contribution in [0.15, 0.2) is 48.5 Å². The van der Waals surface area contributed by atoms with Gasteiger partial charge in [-0.15, -0.1) is 0 Å². The standard InChI is InChI=1S/C28H37N5O2/c1-29-13-17-31(18-14-29)26-6-4-3-5-23(26)21-24-11-12-33(28(24)35)25-9-7-22(8-10-25)27(34)32-19-15-30(2)16-20-32/h3-10,24H,11-21H2,1-2H3. The van der Waals surface area contributed by atoms with Crippen molar-refractivity contribution < 1.29 is 9.59 Å². The largest absolute Gasteiger partial charge is 0.369 e. The molecule has 0 bridgehead atoms. The number of benzene rings is 2. The Hall–Kier alpha value is -2.90. The molecule has 186 valence electrons. The fourth-order valence-corrected chi connectivity index (χ4v) is 5.47. The highest BCUT2D eigenvalue weighted by Gasteiger charge is 2.33. The molecule has 1 unspecified atom stereocenters. The lowest BCUT2D eigenvalue weighted by atomic mass is 9.96. The van der Waals surface area contributed by atoms with Crippen molar-refractivity contribution in [1.82, 2.24) is 14.7 Å². The van der Waals surface area contributed by atoms with Crippen LogP contribution in [0.3, 0.4) is 0 Å². The second-order valence-corrected chi connectivity index (χ2v) is 10.2. The summed E-state index contributed by atoms with van der Waals surface area (Å²) in [5.41, 5.74) is 4.13. The first kappa shape index (κ1) is 23.8. The van der Waals surface area contributed by atoms with Gasteiger partial charge in [0.15, 0.2) is 0 Å². The molecule has 0 spiro atoms. The van der Waals surface area contributed by atoms with Crippen LogP contribution in [0.4, 0.5) is 11.4 Å². The van der Waals surface area contributed by atoms with Crippen LogP contribution < -0.4 is 9.80 Å². The van der Waals surface area contributed by atoms with Gasteiger partial charge in [-0.1, -0.05) is 18.2 Å². The van der Waals surface area contributed by atoms with E-state index in [4.69, 9.17) is 0 Å². The molecule has 0 radical (unpaired) electrons. The van der Waals surface area contributed by atoms with Crippen LogP contribution in [0.1, 0.15) is 22.3 Å². The van der Waals surface area contributed by atoms with Gasteiger partial charge < -0.3 is 24.5 Å². The number of anilines is 2. The number of para-hydroxylation sites is 1. The van der Waals surface area contributed by atoms with E-state index in [1.54, 1.807) is 0 Å². The van der Waals surface area contributed by atoms with Crippen LogP contribution >= 0.6 is 0 Å². The maximum Gasteiger partial charge on any atom is 0.253 e. The molecule has 5 rings (SSSR count). The minimum atomic E-state index is -0.00439. The Balaban J connectivity index is 1.23. The van der Waals surface area contributed by atoms with Gasteiger partial charge in [0.05, 0.1) is 0 Å². The maximum atomic E-state index is 13.4. The van der Waals surface area contributed by atoms with Crippen LogP contribution in [0.25, 0.3) is 0 Å². The van der Waals surface area contributed by atoms with Crippen LogP contribution in [0.5, 0.6) is 0 Å². The van der Waals surface area contributed by atoms with Gasteiger partial charge in [0.2, 0.25) is 5.91 Å². The summed E-state index contributed by atoms with van der Waals surface area (Å²) in [6.07, 6.45) is 1.63. The van der Waals surface area contributed by atoms with E-state index in [0.717, 1.165) is 77.4 Å². The van der Waals surface area contributed by atoms with Crippen molar-refractivity contribution in [2.45, 2.75) is 12.8 Å². The molecular formula is C28H37N5O2. The molecule has 3 fully saturated rings. The lowest BCUT2D eigenvalue weighted by molar-refractivity contribution is -0.120. The number of likely N-dealkylation sites (N-methyl/N-ethyl adjacent to an activating group) is 2. The molecule has 3 saturated heterocycles. The highest BCUT2D eigenvalue weighted by Crippen LogP contribution is 2.31. The lowest BCUT2D eigenvalue weighted by Crippen LogP contribution is -2.47. The highest BCUT2D eigenvalue weighted by atomic mass is 16.2. The number of hydrogen-bond donors (Lipinski definition) is 0. The molecule has 3 aliphatic rings. The molecular weight excluding hydrogens is 438 g/mol. The van der Waals surface area contributed by atoms with Gasteiger partial charge in [-0.3, -0.25) is 9.59 Å². The summed E-state index contributed by atoms with van der Waals surface area (Å²) in [6, 6.07) is 16.2.